The summed E-state index contributed by atoms with van der Waals surface area (Å²) in [5.41, 5.74) is 0.734. The Morgan fingerprint density at radius 1 is 1.28 bits per heavy atom. The molecule has 0 aliphatic rings. The summed E-state index contributed by atoms with van der Waals surface area (Å²) in [4.78, 5) is 0. The fraction of sp³-hybridized carbons (Fsp3) is 0.571. The van der Waals surface area contributed by atoms with Crippen molar-refractivity contribution in [2.75, 3.05) is 27.4 Å². The normalized spacial score (nSPS) is 14.4. The Bertz CT molecular complexity index is 346. The second-order valence-electron chi connectivity index (χ2n) is 4.42. The first-order valence-electron chi connectivity index (χ1n) is 6.16. The molecule has 1 aromatic rings. The molecule has 0 aromatic heterocycles. The number of methoxy groups -OCH3 is 2. The molecule has 4 heteroatoms. The van der Waals surface area contributed by atoms with Crippen LogP contribution in [0.3, 0.4) is 0 Å². The molecule has 0 aliphatic carbocycles. The lowest BCUT2D eigenvalue weighted by Crippen LogP contribution is -2.38. The highest BCUT2D eigenvalue weighted by Crippen LogP contribution is 2.09. The maximum atomic E-state index is 13.5. The second-order valence-corrected chi connectivity index (χ2v) is 4.42. The van der Waals surface area contributed by atoms with Crippen LogP contribution in [0.15, 0.2) is 24.3 Å². The maximum absolute atomic E-state index is 13.5. The minimum Gasteiger partial charge on any atom is -0.382 e. The fourth-order valence-electron chi connectivity index (χ4n) is 1.79. The average Bonchev–Trinajstić information content (AvgIpc) is 2.37. The standard InChI is InChI=1S/C14H22FNO2/c1-11(16-9-13(18-3)10-17-2)8-12-6-4-5-7-14(12)15/h4-7,11,13,16H,8-10H2,1-3H3. The summed E-state index contributed by atoms with van der Waals surface area (Å²) in [6.45, 7) is 3.28. The van der Waals surface area contributed by atoms with Gasteiger partial charge in [0.15, 0.2) is 0 Å². The molecular formula is C14H22FNO2. The molecule has 1 N–H and O–H groups in total. The topological polar surface area (TPSA) is 30.5 Å². The van der Waals surface area contributed by atoms with Gasteiger partial charge in [-0.05, 0) is 25.0 Å². The molecule has 0 saturated carbocycles. The van der Waals surface area contributed by atoms with E-state index in [2.05, 4.69) is 5.32 Å². The molecule has 0 radical (unpaired) electrons. The van der Waals surface area contributed by atoms with Crippen LogP contribution in [0.5, 0.6) is 0 Å². The molecule has 0 spiro atoms. The summed E-state index contributed by atoms with van der Waals surface area (Å²) >= 11 is 0. The van der Waals surface area contributed by atoms with E-state index in [4.69, 9.17) is 9.47 Å². The minimum absolute atomic E-state index is 0.0260. The van der Waals surface area contributed by atoms with Gasteiger partial charge in [0.05, 0.1) is 12.7 Å². The zero-order valence-electron chi connectivity index (χ0n) is 11.3. The molecule has 2 atom stereocenters. The third-order valence-electron chi connectivity index (χ3n) is 2.86. The molecule has 2 unspecified atom stereocenters. The van der Waals surface area contributed by atoms with Crippen molar-refractivity contribution in [2.24, 2.45) is 0 Å². The molecule has 18 heavy (non-hydrogen) atoms. The molecule has 0 fully saturated rings. The first-order valence-corrected chi connectivity index (χ1v) is 6.16. The van der Waals surface area contributed by atoms with E-state index in [0.29, 0.717) is 19.6 Å². The molecule has 0 heterocycles. The van der Waals surface area contributed by atoms with Gasteiger partial charge in [0.1, 0.15) is 5.82 Å². The summed E-state index contributed by atoms with van der Waals surface area (Å²) in [7, 11) is 3.31. The van der Waals surface area contributed by atoms with E-state index in [1.807, 2.05) is 19.1 Å². The third-order valence-corrected chi connectivity index (χ3v) is 2.86. The number of hydrogen-bond donors (Lipinski definition) is 1. The van der Waals surface area contributed by atoms with Crippen LogP contribution in [0.4, 0.5) is 4.39 Å². The van der Waals surface area contributed by atoms with Gasteiger partial charge in [-0.2, -0.15) is 0 Å². The van der Waals surface area contributed by atoms with Crippen LogP contribution in [0.25, 0.3) is 0 Å². The predicted molar refractivity (Wildman–Crippen MR) is 70.2 cm³/mol. The summed E-state index contributed by atoms with van der Waals surface area (Å²) in [5, 5.41) is 3.32. The number of hydrogen-bond acceptors (Lipinski definition) is 3. The van der Waals surface area contributed by atoms with Crippen LogP contribution >= 0.6 is 0 Å². The molecule has 3 nitrogen and oxygen atoms in total. The Kier molecular flexibility index (Phi) is 6.86. The molecule has 102 valence electrons. The molecule has 0 amide bonds. The Balaban J connectivity index is 2.37. The van der Waals surface area contributed by atoms with Crippen LogP contribution in [0, 0.1) is 5.82 Å². The van der Waals surface area contributed by atoms with Crippen LogP contribution < -0.4 is 5.32 Å². The Morgan fingerprint density at radius 3 is 2.61 bits per heavy atom. The number of nitrogens with one attached hydrogen (secondary N) is 1. The highest BCUT2D eigenvalue weighted by Gasteiger charge is 2.11. The first kappa shape index (κ1) is 15.1. The summed E-state index contributed by atoms with van der Waals surface area (Å²) < 4.78 is 23.8. The van der Waals surface area contributed by atoms with Gasteiger partial charge in [-0.15, -0.1) is 0 Å². The van der Waals surface area contributed by atoms with Crippen LogP contribution in [0.2, 0.25) is 0 Å². The van der Waals surface area contributed by atoms with Crippen LogP contribution in [-0.2, 0) is 15.9 Å². The zero-order valence-corrected chi connectivity index (χ0v) is 11.3. The van der Waals surface area contributed by atoms with Crippen molar-refractivity contribution < 1.29 is 13.9 Å². The third kappa shape index (κ3) is 5.12. The predicted octanol–water partition coefficient (Wildman–Crippen LogP) is 2.01. The van der Waals surface area contributed by atoms with E-state index in [1.165, 1.54) is 6.07 Å². The maximum Gasteiger partial charge on any atom is 0.126 e. The highest BCUT2D eigenvalue weighted by atomic mass is 19.1. The van der Waals surface area contributed by atoms with Crippen molar-refractivity contribution >= 4 is 0 Å². The lowest BCUT2D eigenvalue weighted by atomic mass is 10.1. The minimum atomic E-state index is -0.147. The van der Waals surface area contributed by atoms with Gasteiger partial charge in [0.25, 0.3) is 0 Å². The van der Waals surface area contributed by atoms with Gasteiger partial charge in [-0.1, -0.05) is 18.2 Å². The Labute approximate surface area is 108 Å². The molecule has 1 aromatic carbocycles. The molecule has 0 saturated heterocycles. The first-order chi connectivity index (χ1) is 8.67. The second kappa shape index (κ2) is 8.19. The van der Waals surface area contributed by atoms with E-state index >= 15 is 0 Å². The van der Waals surface area contributed by atoms with Crippen molar-refractivity contribution in [1.29, 1.82) is 0 Å². The Morgan fingerprint density at radius 2 is 2.00 bits per heavy atom. The summed E-state index contributed by atoms with van der Waals surface area (Å²) in [6.07, 6.45) is 0.689. The SMILES string of the molecule is COCC(CNC(C)Cc1ccccc1F)OC. The van der Waals surface area contributed by atoms with E-state index < -0.39 is 0 Å². The van der Waals surface area contributed by atoms with Crippen LogP contribution in [0.1, 0.15) is 12.5 Å². The smallest absolute Gasteiger partial charge is 0.126 e. The lowest BCUT2D eigenvalue weighted by molar-refractivity contribution is 0.0276. The monoisotopic (exact) mass is 255 g/mol. The average molecular weight is 255 g/mol. The molecule has 1 rings (SSSR count). The van der Waals surface area contributed by atoms with E-state index in [1.54, 1.807) is 20.3 Å². The Hall–Kier alpha value is -0.970. The highest BCUT2D eigenvalue weighted by molar-refractivity contribution is 5.18. The largest absolute Gasteiger partial charge is 0.382 e. The number of benzene rings is 1. The number of rotatable bonds is 8. The molecular weight excluding hydrogens is 233 g/mol. The van der Waals surface area contributed by atoms with Gasteiger partial charge in [-0.25, -0.2) is 4.39 Å². The summed E-state index contributed by atoms with van der Waals surface area (Å²) in [6, 6.07) is 7.06. The van der Waals surface area contributed by atoms with Gasteiger partial charge in [0, 0.05) is 26.8 Å². The summed E-state index contributed by atoms with van der Waals surface area (Å²) in [5.74, 6) is -0.147. The van der Waals surface area contributed by atoms with Crippen molar-refractivity contribution in [3.63, 3.8) is 0 Å². The number of halogens is 1. The van der Waals surface area contributed by atoms with Crippen molar-refractivity contribution in [1.82, 2.24) is 5.32 Å². The fourth-order valence-corrected chi connectivity index (χ4v) is 1.79. The molecule has 0 aliphatic heterocycles. The lowest BCUT2D eigenvalue weighted by Gasteiger charge is -2.19. The quantitative estimate of drug-likeness (QED) is 0.771. The van der Waals surface area contributed by atoms with Crippen molar-refractivity contribution in [2.45, 2.75) is 25.5 Å². The number of ether oxygens (including phenoxy) is 2. The van der Waals surface area contributed by atoms with Crippen molar-refractivity contribution in [3.05, 3.63) is 35.6 Å². The van der Waals surface area contributed by atoms with Gasteiger partial charge >= 0.3 is 0 Å². The van der Waals surface area contributed by atoms with Crippen LogP contribution in [-0.4, -0.2) is 39.5 Å². The van der Waals surface area contributed by atoms with E-state index in [-0.39, 0.29) is 18.0 Å². The van der Waals surface area contributed by atoms with Gasteiger partial charge < -0.3 is 14.8 Å². The van der Waals surface area contributed by atoms with Crippen molar-refractivity contribution in [3.8, 4) is 0 Å². The van der Waals surface area contributed by atoms with Gasteiger partial charge in [0.2, 0.25) is 0 Å². The van der Waals surface area contributed by atoms with E-state index in [9.17, 15) is 4.39 Å². The van der Waals surface area contributed by atoms with E-state index in [0.717, 1.165) is 5.56 Å². The zero-order chi connectivity index (χ0) is 13.4. The van der Waals surface area contributed by atoms with Gasteiger partial charge in [-0.3, -0.25) is 0 Å². The molecule has 0 bridgehead atoms.